The van der Waals surface area contributed by atoms with Crippen LogP contribution in [0.1, 0.15) is 29.8 Å². The normalized spacial score (nSPS) is 17.9. The predicted molar refractivity (Wildman–Crippen MR) is 110 cm³/mol. The molecule has 4 rings (SSSR count). The van der Waals surface area contributed by atoms with Gasteiger partial charge in [0.15, 0.2) is 0 Å². The summed E-state index contributed by atoms with van der Waals surface area (Å²) in [6, 6.07) is 11.9. The van der Waals surface area contributed by atoms with Crippen molar-refractivity contribution in [1.82, 2.24) is 9.88 Å². The third-order valence-electron chi connectivity index (χ3n) is 5.42. The number of pyridine rings is 1. The van der Waals surface area contributed by atoms with E-state index in [1.807, 2.05) is 35.2 Å². The third-order valence-corrected chi connectivity index (χ3v) is 5.66. The number of carbonyl (C=O) groups excluding carboxylic acids is 1. The summed E-state index contributed by atoms with van der Waals surface area (Å²) in [6.07, 6.45) is 5.50. The van der Waals surface area contributed by atoms with Gasteiger partial charge in [0.05, 0.1) is 0 Å². The first-order valence-corrected chi connectivity index (χ1v) is 10.1. The van der Waals surface area contributed by atoms with E-state index < -0.39 is 0 Å². The van der Waals surface area contributed by atoms with Gasteiger partial charge in [-0.15, -0.1) is 0 Å². The Morgan fingerprint density at radius 2 is 1.56 bits per heavy atom. The van der Waals surface area contributed by atoms with Gasteiger partial charge in [-0.1, -0.05) is 17.7 Å². The minimum atomic E-state index is 0.0274. The Hall–Kier alpha value is -2.27. The van der Waals surface area contributed by atoms with Gasteiger partial charge in [-0.2, -0.15) is 0 Å². The quantitative estimate of drug-likeness (QED) is 0.809. The number of nitrogens with zero attached hydrogens (tertiary/aromatic N) is 4. The van der Waals surface area contributed by atoms with Crippen molar-refractivity contribution >= 4 is 28.9 Å². The van der Waals surface area contributed by atoms with Gasteiger partial charge < -0.3 is 14.7 Å². The van der Waals surface area contributed by atoms with E-state index in [1.54, 1.807) is 6.20 Å². The molecule has 5 nitrogen and oxygen atoms in total. The van der Waals surface area contributed by atoms with Crippen LogP contribution in [-0.2, 0) is 0 Å². The zero-order valence-electron chi connectivity index (χ0n) is 15.5. The van der Waals surface area contributed by atoms with Crippen molar-refractivity contribution in [2.24, 2.45) is 0 Å². The van der Waals surface area contributed by atoms with Gasteiger partial charge in [0.2, 0.25) is 0 Å². The topological polar surface area (TPSA) is 39.7 Å². The smallest absolute Gasteiger partial charge is 0.272 e. The summed E-state index contributed by atoms with van der Waals surface area (Å²) >= 11 is 6.10. The summed E-state index contributed by atoms with van der Waals surface area (Å²) < 4.78 is 0. The van der Waals surface area contributed by atoms with E-state index >= 15 is 0 Å². The van der Waals surface area contributed by atoms with E-state index in [9.17, 15) is 4.79 Å². The van der Waals surface area contributed by atoms with Gasteiger partial charge >= 0.3 is 0 Å². The molecule has 2 aliphatic heterocycles. The fourth-order valence-corrected chi connectivity index (χ4v) is 4.07. The second kappa shape index (κ2) is 8.17. The first-order valence-electron chi connectivity index (χ1n) is 9.71. The molecule has 0 N–H and O–H groups in total. The summed E-state index contributed by atoms with van der Waals surface area (Å²) in [6.45, 7) is 5.13. The SMILES string of the molecule is O=C(c1cc(N2CCCCC2)ccn1)N1CCN(c2cccc(Cl)c2)CC1. The molecule has 1 amide bonds. The maximum Gasteiger partial charge on any atom is 0.272 e. The number of hydrogen-bond acceptors (Lipinski definition) is 4. The lowest BCUT2D eigenvalue weighted by atomic mass is 10.1. The van der Waals surface area contributed by atoms with E-state index in [2.05, 4.69) is 20.9 Å². The highest BCUT2D eigenvalue weighted by molar-refractivity contribution is 6.30. The van der Waals surface area contributed by atoms with Crippen molar-refractivity contribution < 1.29 is 4.79 Å². The first kappa shape index (κ1) is 18.1. The fraction of sp³-hybridized carbons (Fsp3) is 0.429. The maximum absolute atomic E-state index is 12.9. The van der Waals surface area contributed by atoms with Gasteiger partial charge in [0, 0.05) is 61.9 Å². The molecular weight excluding hydrogens is 360 g/mol. The average molecular weight is 385 g/mol. The average Bonchev–Trinajstić information content (AvgIpc) is 2.74. The van der Waals surface area contributed by atoms with Gasteiger partial charge in [0.1, 0.15) is 5.69 Å². The molecule has 2 aromatic rings. The zero-order valence-corrected chi connectivity index (χ0v) is 16.2. The van der Waals surface area contributed by atoms with Crippen LogP contribution in [0.4, 0.5) is 11.4 Å². The van der Waals surface area contributed by atoms with Crippen molar-refractivity contribution in [3.05, 3.63) is 53.3 Å². The Morgan fingerprint density at radius 1 is 0.852 bits per heavy atom. The van der Waals surface area contributed by atoms with Crippen LogP contribution in [0.5, 0.6) is 0 Å². The summed E-state index contributed by atoms with van der Waals surface area (Å²) in [5.74, 6) is 0.0274. The van der Waals surface area contributed by atoms with Crippen molar-refractivity contribution in [1.29, 1.82) is 0 Å². The minimum Gasteiger partial charge on any atom is -0.371 e. The van der Waals surface area contributed by atoms with Crippen molar-refractivity contribution in [2.45, 2.75) is 19.3 Å². The molecule has 142 valence electrons. The summed E-state index contributed by atoms with van der Waals surface area (Å²) in [4.78, 5) is 23.8. The van der Waals surface area contributed by atoms with Gasteiger partial charge in [-0.3, -0.25) is 9.78 Å². The Bertz CT molecular complexity index is 798. The highest BCUT2D eigenvalue weighted by Crippen LogP contribution is 2.23. The van der Waals surface area contributed by atoms with Gasteiger partial charge in [0.25, 0.3) is 5.91 Å². The lowest BCUT2D eigenvalue weighted by Crippen LogP contribution is -2.49. The van der Waals surface area contributed by atoms with Gasteiger partial charge in [-0.25, -0.2) is 0 Å². The molecule has 0 spiro atoms. The largest absolute Gasteiger partial charge is 0.371 e. The number of rotatable bonds is 3. The van der Waals surface area contributed by atoms with Crippen LogP contribution in [-0.4, -0.2) is 55.1 Å². The molecule has 1 aromatic carbocycles. The van der Waals surface area contributed by atoms with E-state index in [0.717, 1.165) is 42.6 Å². The van der Waals surface area contributed by atoms with Crippen LogP contribution in [0.2, 0.25) is 5.02 Å². The fourth-order valence-electron chi connectivity index (χ4n) is 3.89. The molecule has 27 heavy (non-hydrogen) atoms. The number of anilines is 2. The van der Waals surface area contributed by atoms with E-state index in [1.165, 1.54) is 19.3 Å². The first-order chi connectivity index (χ1) is 13.2. The molecular formula is C21H25ClN4O. The Morgan fingerprint density at radius 3 is 2.30 bits per heavy atom. The third kappa shape index (κ3) is 4.19. The molecule has 2 saturated heterocycles. The second-order valence-electron chi connectivity index (χ2n) is 7.21. The van der Waals surface area contributed by atoms with Crippen molar-refractivity contribution in [3.8, 4) is 0 Å². The molecule has 0 saturated carbocycles. The minimum absolute atomic E-state index is 0.0274. The van der Waals surface area contributed by atoms with Crippen LogP contribution in [0, 0.1) is 0 Å². The summed E-state index contributed by atoms with van der Waals surface area (Å²) in [7, 11) is 0. The second-order valence-corrected chi connectivity index (χ2v) is 7.64. The number of amides is 1. The molecule has 0 aliphatic carbocycles. The molecule has 0 bridgehead atoms. The van der Waals surface area contributed by atoms with Crippen LogP contribution >= 0.6 is 11.6 Å². The maximum atomic E-state index is 12.9. The highest BCUT2D eigenvalue weighted by Gasteiger charge is 2.24. The molecule has 0 unspecified atom stereocenters. The van der Waals surface area contributed by atoms with Crippen LogP contribution < -0.4 is 9.80 Å². The Balaban J connectivity index is 1.40. The van der Waals surface area contributed by atoms with Crippen LogP contribution in [0.15, 0.2) is 42.6 Å². The van der Waals surface area contributed by atoms with E-state index in [0.29, 0.717) is 18.8 Å². The molecule has 3 heterocycles. The van der Waals surface area contributed by atoms with Crippen molar-refractivity contribution in [3.63, 3.8) is 0 Å². The number of aromatic nitrogens is 1. The predicted octanol–water partition coefficient (Wildman–Crippen LogP) is 3.69. The lowest BCUT2D eigenvalue weighted by Gasteiger charge is -2.36. The number of piperazine rings is 1. The number of hydrogen-bond donors (Lipinski definition) is 0. The molecule has 2 fully saturated rings. The molecule has 0 radical (unpaired) electrons. The van der Waals surface area contributed by atoms with Crippen molar-refractivity contribution in [2.75, 3.05) is 49.1 Å². The highest BCUT2D eigenvalue weighted by atomic mass is 35.5. The standard InChI is InChI=1S/C21H25ClN4O/c22-17-5-4-6-18(15-17)25-11-13-26(14-12-25)21(27)20-16-19(7-8-23-20)24-9-2-1-3-10-24/h4-8,15-16H,1-3,9-14H2. The van der Waals surface area contributed by atoms with Gasteiger partial charge in [-0.05, 0) is 49.6 Å². The Kier molecular flexibility index (Phi) is 5.48. The monoisotopic (exact) mass is 384 g/mol. The number of piperidine rings is 1. The van der Waals surface area contributed by atoms with E-state index in [-0.39, 0.29) is 5.91 Å². The molecule has 0 atom stereocenters. The summed E-state index contributed by atoms with van der Waals surface area (Å²) in [5, 5.41) is 0.740. The Labute approximate surface area is 165 Å². The lowest BCUT2D eigenvalue weighted by molar-refractivity contribution is 0.0741. The van der Waals surface area contributed by atoms with Crippen LogP contribution in [0.25, 0.3) is 0 Å². The van der Waals surface area contributed by atoms with E-state index in [4.69, 9.17) is 11.6 Å². The molecule has 2 aliphatic rings. The number of benzene rings is 1. The molecule has 6 heteroatoms. The molecule has 1 aromatic heterocycles. The number of carbonyl (C=O) groups is 1. The summed E-state index contributed by atoms with van der Waals surface area (Å²) in [5.41, 5.74) is 2.78. The van der Waals surface area contributed by atoms with Crippen LogP contribution in [0.3, 0.4) is 0 Å². The zero-order chi connectivity index (χ0) is 18.6. The number of halogens is 1.